The van der Waals surface area contributed by atoms with Crippen molar-refractivity contribution in [3.05, 3.63) is 30.4 Å². The van der Waals surface area contributed by atoms with E-state index in [0.717, 1.165) is 0 Å². The fourth-order valence-corrected chi connectivity index (χ4v) is 1.14. The van der Waals surface area contributed by atoms with Crippen LogP contribution in [0.2, 0.25) is 0 Å². The molecule has 0 unspecified atom stereocenters. The van der Waals surface area contributed by atoms with E-state index < -0.39 is 5.60 Å². The molecule has 2 aromatic rings. The van der Waals surface area contributed by atoms with Crippen LogP contribution >= 0.6 is 0 Å². The minimum atomic E-state index is -0.909. The number of nitrogens with zero attached hydrogens (tertiary/aromatic N) is 3. The lowest BCUT2D eigenvalue weighted by Crippen LogP contribution is -2.17. The molecule has 0 aromatic carbocycles. The molecule has 2 heterocycles. The van der Waals surface area contributed by atoms with Crippen molar-refractivity contribution in [2.24, 2.45) is 0 Å². The van der Waals surface area contributed by atoms with Crippen LogP contribution in [0.5, 0.6) is 0 Å². The molecule has 0 radical (unpaired) electrons. The lowest BCUT2D eigenvalue weighted by molar-refractivity contribution is 0.0739. The first kappa shape index (κ1) is 11.7. The Kier molecular flexibility index (Phi) is 3.42. The first-order valence-electron chi connectivity index (χ1n) is 5.10. The molecule has 0 aliphatic carbocycles. The highest BCUT2D eigenvalue weighted by atomic mass is 16.3. The summed E-state index contributed by atoms with van der Waals surface area (Å²) in [6.45, 7) is 7.41. The van der Waals surface area contributed by atoms with Gasteiger partial charge in [-0.2, -0.15) is 0 Å². The van der Waals surface area contributed by atoms with Crippen molar-refractivity contribution < 1.29 is 5.11 Å². The van der Waals surface area contributed by atoms with Gasteiger partial charge < -0.3 is 5.11 Å². The summed E-state index contributed by atoms with van der Waals surface area (Å²) in [6, 6.07) is 1.79. The Bertz CT molecular complexity index is 429. The van der Waals surface area contributed by atoms with Gasteiger partial charge in [0.1, 0.15) is 5.60 Å². The summed E-state index contributed by atoms with van der Waals surface area (Å²) in [4.78, 5) is 8.24. The lowest BCUT2D eigenvalue weighted by atomic mass is 10.1. The molecule has 4 heteroatoms. The topological polar surface area (TPSA) is 50.4 Å². The first-order valence-corrected chi connectivity index (χ1v) is 5.10. The third-order valence-corrected chi connectivity index (χ3v) is 1.89. The fourth-order valence-electron chi connectivity index (χ4n) is 1.14. The van der Waals surface area contributed by atoms with Gasteiger partial charge in [-0.3, -0.25) is 4.40 Å². The van der Waals surface area contributed by atoms with Crippen LogP contribution in [0.15, 0.2) is 24.7 Å². The molecule has 0 amide bonds. The molecule has 82 valence electrons. The highest BCUT2D eigenvalue weighted by molar-refractivity contribution is 5.30. The van der Waals surface area contributed by atoms with Crippen molar-refractivity contribution in [2.45, 2.75) is 33.3 Å². The zero-order valence-electron chi connectivity index (χ0n) is 9.60. The maximum Gasteiger partial charge on any atom is 0.234 e. The van der Waals surface area contributed by atoms with Crippen molar-refractivity contribution in [3.8, 4) is 0 Å². The summed E-state index contributed by atoms with van der Waals surface area (Å²) in [7, 11) is 0. The molecule has 0 atom stereocenters. The molecule has 2 rings (SSSR count). The second-order valence-electron chi connectivity index (χ2n) is 3.51. The zero-order chi connectivity index (χ0) is 11.5. The van der Waals surface area contributed by atoms with Crippen LogP contribution in [0.4, 0.5) is 0 Å². The third kappa shape index (κ3) is 2.53. The summed E-state index contributed by atoms with van der Waals surface area (Å²) >= 11 is 0. The van der Waals surface area contributed by atoms with E-state index in [4.69, 9.17) is 0 Å². The van der Waals surface area contributed by atoms with E-state index in [9.17, 15) is 5.11 Å². The smallest absolute Gasteiger partial charge is 0.234 e. The first-order chi connectivity index (χ1) is 7.07. The molecule has 1 N–H and O–H groups in total. The van der Waals surface area contributed by atoms with E-state index in [0.29, 0.717) is 11.5 Å². The molecule has 0 spiro atoms. The van der Waals surface area contributed by atoms with Crippen LogP contribution in [0.1, 0.15) is 33.4 Å². The van der Waals surface area contributed by atoms with Gasteiger partial charge in [0, 0.05) is 18.6 Å². The summed E-state index contributed by atoms with van der Waals surface area (Å²) < 4.78 is 1.80. The quantitative estimate of drug-likeness (QED) is 0.778. The van der Waals surface area contributed by atoms with Crippen molar-refractivity contribution in [3.63, 3.8) is 0 Å². The summed E-state index contributed by atoms with van der Waals surface area (Å²) in [5.74, 6) is 0.611. The van der Waals surface area contributed by atoms with Crippen molar-refractivity contribution >= 4 is 5.78 Å². The number of hydrogen-bond acceptors (Lipinski definition) is 3. The van der Waals surface area contributed by atoms with Gasteiger partial charge in [-0.25, -0.2) is 9.97 Å². The molecule has 0 saturated carbocycles. The largest absolute Gasteiger partial charge is 0.384 e. The van der Waals surface area contributed by atoms with Gasteiger partial charge in [-0.05, 0) is 19.9 Å². The molecule has 4 nitrogen and oxygen atoms in total. The SMILES string of the molecule is CC.CC(C)(O)c1ccn2ccnc2n1. The van der Waals surface area contributed by atoms with E-state index in [1.807, 2.05) is 26.2 Å². The van der Waals surface area contributed by atoms with Crippen LogP contribution in [0.25, 0.3) is 5.78 Å². The lowest BCUT2D eigenvalue weighted by Gasteiger charge is -2.15. The predicted molar refractivity (Wildman–Crippen MR) is 59.6 cm³/mol. The number of aromatic nitrogens is 3. The number of imidazole rings is 1. The molecule has 0 saturated heterocycles. The van der Waals surface area contributed by atoms with Crippen molar-refractivity contribution in [2.75, 3.05) is 0 Å². The minimum Gasteiger partial charge on any atom is -0.384 e. The second-order valence-corrected chi connectivity index (χ2v) is 3.51. The Morgan fingerprint density at radius 1 is 1.27 bits per heavy atom. The van der Waals surface area contributed by atoms with Gasteiger partial charge in [-0.15, -0.1) is 0 Å². The van der Waals surface area contributed by atoms with E-state index in [2.05, 4.69) is 9.97 Å². The summed E-state index contributed by atoms with van der Waals surface area (Å²) in [6.07, 6.45) is 5.33. The average Bonchev–Trinajstić information content (AvgIpc) is 2.66. The van der Waals surface area contributed by atoms with E-state index >= 15 is 0 Å². The van der Waals surface area contributed by atoms with Crippen LogP contribution in [0, 0.1) is 0 Å². The van der Waals surface area contributed by atoms with Crippen LogP contribution < -0.4 is 0 Å². The molecule has 2 aromatic heterocycles. The van der Waals surface area contributed by atoms with E-state index in [1.165, 1.54) is 0 Å². The van der Waals surface area contributed by atoms with Crippen LogP contribution in [-0.4, -0.2) is 19.5 Å². The number of hydrogen-bond donors (Lipinski definition) is 1. The molecular weight excluding hydrogens is 190 g/mol. The highest BCUT2D eigenvalue weighted by Gasteiger charge is 2.17. The fraction of sp³-hybridized carbons (Fsp3) is 0.455. The predicted octanol–water partition coefficient (Wildman–Crippen LogP) is 1.98. The van der Waals surface area contributed by atoms with Crippen molar-refractivity contribution in [1.29, 1.82) is 0 Å². The maximum atomic E-state index is 9.69. The Balaban J connectivity index is 0.000000531. The molecule has 0 aliphatic rings. The van der Waals surface area contributed by atoms with E-state index in [1.54, 1.807) is 30.5 Å². The Labute approximate surface area is 89.6 Å². The normalized spacial score (nSPS) is 11.0. The summed E-state index contributed by atoms with van der Waals surface area (Å²) in [5.41, 5.74) is -0.278. The van der Waals surface area contributed by atoms with Gasteiger partial charge in [0.05, 0.1) is 5.69 Å². The monoisotopic (exact) mass is 207 g/mol. The van der Waals surface area contributed by atoms with Gasteiger partial charge in [-0.1, -0.05) is 13.8 Å². The van der Waals surface area contributed by atoms with Crippen molar-refractivity contribution in [1.82, 2.24) is 14.4 Å². The van der Waals surface area contributed by atoms with Gasteiger partial charge in [0.2, 0.25) is 5.78 Å². The Morgan fingerprint density at radius 3 is 2.53 bits per heavy atom. The Hall–Kier alpha value is -1.42. The Morgan fingerprint density at radius 2 is 1.93 bits per heavy atom. The van der Waals surface area contributed by atoms with Gasteiger partial charge >= 0.3 is 0 Å². The summed E-state index contributed by atoms with van der Waals surface area (Å²) in [5, 5.41) is 9.69. The average molecular weight is 207 g/mol. The molecule has 0 bridgehead atoms. The van der Waals surface area contributed by atoms with Gasteiger partial charge in [0.25, 0.3) is 0 Å². The number of rotatable bonds is 1. The number of fused-ring (bicyclic) bond motifs is 1. The van der Waals surface area contributed by atoms with Crippen LogP contribution in [-0.2, 0) is 5.60 Å². The van der Waals surface area contributed by atoms with Crippen LogP contribution in [0.3, 0.4) is 0 Å². The molecular formula is C11H17N3O. The molecule has 0 aliphatic heterocycles. The standard InChI is InChI=1S/C9H11N3O.C2H6/c1-9(2,13)7-3-5-12-6-4-10-8(12)11-7;1-2/h3-6,13H,1-2H3;1-2H3. The molecule has 0 fully saturated rings. The maximum absolute atomic E-state index is 9.69. The minimum absolute atomic E-state index is 0.611. The van der Waals surface area contributed by atoms with Gasteiger partial charge in [0.15, 0.2) is 0 Å². The third-order valence-electron chi connectivity index (χ3n) is 1.89. The molecule has 15 heavy (non-hydrogen) atoms. The second kappa shape index (κ2) is 4.40. The van der Waals surface area contributed by atoms with E-state index in [-0.39, 0.29) is 0 Å². The highest BCUT2D eigenvalue weighted by Crippen LogP contribution is 2.16. The number of aliphatic hydroxyl groups is 1. The zero-order valence-corrected chi connectivity index (χ0v) is 9.60.